The van der Waals surface area contributed by atoms with E-state index < -0.39 is 11.6 Å². The van der Waals surface area contributed by atoms with E-state index in [0.29, 0.717) is 0 Å². The molecule has 0 aliphatic carbocycles. The van der Waals surface area contributed by atoms with Crippen molar-refractivity contribution in [3.63, 3.8) is 0 Å². The summed E-state index contributed by atoms with van der Waals surface area (Å²) in [6.45, 7) is 0. The Morgan fingerprint density at radius 1 is 1.64 bits per heavy atom. The first-order valence-electron chi connectivity index (χ1n) is 3.25. The summed E-state index contributed by atoms with van der Waals surface area (Å²) in [7, 11) is 0. The van der Waals surface area contributed by atoms with Gasteiger partial charge < -0.3 is 16.2 Å². The minimum absolute atomic E-state index is 0.117. The van der Waals surface area contributed by atoms with Crippen molar-refractivity contribution in [2.45, 2.75) is 12.1 Å². The second-order valence-corrected chi connectivity index (χ2v) is 2.47. The molecule has 4 heteroatoms. The summed E-state index contributed by atoms with van der Waals surface area (Å²) in [5.41, 5.74) is 4.71. The molecule has 60 valence electrons. The Labute approximate surface area is 64.4 Å². The van der Waals surface area contributed by atoms with Gasteiger partial charge in [0.05, 0.1) is 6.42 Å². The maximum atomic E-state index is 10.3. The molecular weight excluding hydrogens is 144 g/mol. The highest BCUT2D eigenvalue weighted by Gasteiger charge is 2.24. The number of nitrogens with two attached hydrogens (primary N) is 1. The lowest BCUT2D eigenvalue weighted by atomic mass is 10.1. The lowest BCUT2D eigenvalue weighted by Crippen LogP contribution is -2.51. The zero-order valence-electron chi connectivity index (χ0n) is 5.95. The second kappa shape index (κ2) is 2.75. The smallest absolute Gasteiger partial charge is 0.307 e. The third kappa shape index (κ3) is 2.09. The SMILES string of the molecule is NC1(CC(=O)O)C=CC=CN1. The summed E-state index contributed by atoms with van der Waals surface area (Å²) in [6, 6.07) is 0. The van der Waals surface area contributed by atoms with Crippen LogP contribution >= 0.6 is 0 Å². The minimum atomic E-state index is -0.917. The maximum absolute atomic E-state index is 10.3. The molecule has 0 aromatic rings. The van der Waals surface area contributed by atoms with Gasteiger partial charge in [0, 0.05) is 0 Å². The minimum Gasteiger partial charge on any atom is -0.481 e. The van der Waals surface area contributed by atoms with Crippen LogP contribution in [0, 0.1) is 0 Å². The van der Waals surface area contributed by atoms with Crippen LogP contribution in [0.4, 0.5) is 0 Å². The molecule has 1 atom stereocenters. The van der Waals surface area contributed by atoms with E-state index in [4.69, 9.17) is 10.8 Å². The van der Waals surface area contributed by atoms with Crippen LogP contribution in [0.25, 0.3) is 0 Å². The number of nitrogens with one attached hydrogen (secondary N) is 1. The van der Waals surface area contributed by atoms with Crippen LogP contribution in [0.1, 0.15) is 6.42 Å². The molecule has 0 saturated carbocycles. The van der Waals surface area contributed by atoms with Crippen molar-refractivity contribution in [2.24, 2.45) is 5.73 Å². The zero-order valence-corrected chi connectivity index (χ0v) is 5.95. The van der Waals surface area contributed by atoms with Gasteiger partial charge in [-0.1, -0.05) is 6.08 Å². The predicted molar refractivity (Wildman–Crippen MR) is 40.6 cm³/mol. The highest BCUT2D eigenvalue weighted by atomic mass is 16.4. The maximum Gasteiger partial charge on any atom is 0.307 e. The van der Waals surface area contributed by atoms with Crippen LogP contribution in [-0.2, 0) is 4.79 Å². The number of hydrogen-bond acceptors (Lipinski definition) is 3. The Bertz CT molecular complexity index is 222. The Morgan fingerprint density at radius 2 is 2.36 bits per heavy atom. The van der Waals surface area contributed by atoms with Crippen molar-refractivity contribution in [3.8, 4) is 0 Å². The first-order valence-corrected chi connectivity index (χ1v) is 3.25. The summed E-state index contributed by atoms with van der Waals surface area (Å²) >= 11 is 0. The molecule has 0 aromatic heterocycles. The third-order valence-corrected chi connectivity index (χ3v) is 1.40. The predicted octanol–water partition coefficient (Wildman–Crippen LogP) is -0.211. The number of carboxylic acids is 1. The van der Waals surface area contributed by atoms with Gasteiger partial charge in [-0.15, -0.1) is 0 Å². The van der Waals surface area contributed by atoms with Gasteiger partial charge in [0.15, 0.2) is 0 Å². The molecule has 1 aliphatic heterocycles. The topological polar surface area (TPSA) is 75.4 Å². The highest BCUT2D eigenvalue weighted by molar-refractivity contribution is 5.69. The van der Waals surface area contributed by atoms with Crippen LogP contribution in [-0.4, -0.2) is 16.7 Å². The molecule has 0 saturated heterocycles. The van der Waals surface area contributed by atoms with Crippen LogP contribution in [0.3, 0.4) is 0 Å². The van der Waals surface area contributed by atoms with Gasteiger partial charge in [-0.05, 0) is 18.4 Å². The number of rotatable bonds is 2. The van der Waals surface area contributed by atoms with Gasteiger partial charge in [-0.25, -0.2) is 0 Å². The van der Waals surface area contributed by atoms with Gasteiger partial charge >= 0.3 is 5.97 Å². The van der Waals surface area contributed by atoms with Crippen molar-refractivity contribution in [2.75, 3.05) is 0 Å². The Morgan fingerprint density at radius 3 is 2.82 bits per heavy atom. The van der Waals surface area contributed by atoms with E-state index >= 15 is 0 Å². The number of aliphatic carboxylic acids is 1. The molecule has 4 nitrogen and oxygen atoms in total. The van der Waals surface area contributed by atoms with Crippen LogP contribution in [0.5, 0.6) is 0 Å². The molecule has 0 spiro atoms. The van der Waals surface area contributed by atoms with Crippen molar-refractivity contribution in [1.82, 2.24) is 5.32 Å². The summed E-state index contributed by atoms with van der Waals surface area (Å²) in [5.74, 6) is -0.917. The Balaban J connectivity index is 2.61. The summed E-state index contributed by atoms with van der Waals surface area (Å²) in [4.78, 5) is 10.3. The van der Waals surface area contributed by atoms with E-state index in [1.807, 2.05) is 0 Å². The van der Waals surface area contributed by atoms with E-state index in [1.165, 1.54) is 0 Å². The highest BCUT2D eigenvalue weighted by Crippen LogP contribution is 2.07. The molecule has 0 aromatic carbocycles. The fourth-order valence-electron chi connectivity index (χ4n) is 0.894. The lowest BCUT2D eigenvalue weighted by molar-refractivity contribution is -0.138. The molecule has 4 N–H and O–H groups in total. The fraction of sp³-hybridized carbons (Fsp3) is 0.286. The van der Waals surface area contributed by atoms with Crippen LogP contribution in [0.15, 0.2) is 24.4 Å². The largest absolute Gasteiger partial charge is 0.481 e. The molecule has 1 heterocycles. The van der Waals surface area contributed by atoms with Gasteiger partial charge in [0.1, 0.15) is 5.66 Å². The third-order valence-electron chi connectivity index (χ3n) is 1.40. The Hall–Kier alpha value is -1.29. The van der Waals surface area contributed by atoms with E-state index in [1.54, 1.807) is 24.4 Å². The first kappa shape index (κ1) is 7.81. The molecule has 0 amide bonds. The number of carbonyl (C=O) groups is 1. The van der Waals surface area contributed by atoms with Crippen molar-refractivity contribution in [1.29, 1.82) is 0 Å². The quantitative estimate of drug-likeness (QED) is 0.514. The molecule has 0 bridgehead atoms. The van der Waals surface area contributed by atoms with Crippen LogP contribution in [0.2, 0.25) is 0 Å². The molecular formula is C7H10N2O2. The second-order valence-electron chi connectivity index (χ2n) is 2.47. The number of carboxylic acid groups (broad SMARTS) is 1. The van der Waals surface area contributed by atoms with Gasteiger partial charge in [-0.3, -0.25) is 4.79 Å². The molecule has 1 rings (SSSR count). The van der Waals surface area contributed by atoms with E-state index in [2.05, 4.69) is 5.32 Å². The first-order chi connectivity index (χ1) is 5.12. The van der Waals surface area contributed by atoms with Crippen molar-refractivity contribution < 1.29 is 9.90 Å². The molecule has 0 fully saturated rings. The summed E-state index contributed by atoms with van der Waals surface area (Å²) in [5, 5.41) is 11.2. The average Bonchev–Trinajstić information content (AvgIpc) is 1.85. The number of allylic oxidation sites excluding steroid dienone is 2. The molecule has 0 radical (unpaired) electrons. The summed E-state index contributed by atoms with van der Waals surface area (Å²) in [6.07, 6.45) is 6.62. The van der Waals surface area contributed by atoms with E-state index in [0.717, 1.165) is 0 Å². The number of hydrogen-bond donors (Lipinski definition) is 3. The molecule has 1 aliphatic rings. The zero-order chi connectivity index (χ0) is 8.32. The molecule has 1 unspecified atom stereocenters. The molecule has 11 heavy (non-hydrogen) atoms. The van der Waals surface area contributed by atoms with Gasteiger partial charge in [0.25, 0.3) is 0 Å². The van der Waals surface area contributed by atoms with Crippen molar-refractivity contribution in [3.05, 3.63) is 24.4 Å². The Kier molecular flexibility index (Phi) is 1.96. The van der Waals surface area contributed by atoms with E-state index in [-0.39, 0.29) is 6.42 Å². The average molecular weight is 154 g/mol. The van der Waals surface area contributed by atoms with Gasteiger partial charge in [-0.2, -0.15) is 0 Å². The van der Waals surface area contributed by atoms with Crippen LogP contribution < -0.4 is 11.1 Å². The standard InChI is InChI=1S/C7H10N2O2/c8-7(5-6(10)11)3-1-2-4-9-7/h1-4,9H,5,8H2,(H,10,11). The fourth-order valence-corrected chi connectivity index (χ4v) is 0.894. The van der Waals surface area contributed by atoms with E-state index in [9.17, 15) is 4.79 Å². The summed E-state index contributed by atoms with van der Waals surface area (Å²) < 4.78 is 0. The lowest BCUT2D eigenvalue weighted by Gasteiger charge is -2.26. The van der Waals surface area contributed by atoms with Gasteiger partial charge in [0.2, 0.25) is 0 Å². The number of dihydropyridines is 1. The van der Waals surface area contributed by atoms with Crippen molar-refractivity contribution >= 4 is 5.97 Å². The normalized spacial score (nSPS) is 28.1. The monoisotopic (exact) mass is 154 g/mol.